The minimum Gasteiger partial charge on any atom is -0.496 e. The highest BCUT2D eigenvalue weighted by Gasteiger charge is 2.07. The average Bonchev–Trinajstić information content (AvgIpc) is 2.24. The average molecular weight is 203 g/mol. The first kappa shape index (κ1) is 9.77. The van der Waals surface area contributed by atoms with Crippen LogP contribution in [0.5, 0.6) is 5.75 Å². The molecule has 1 heterocycles. The van der Waals surface area contributed by atoms with Crippen molar-refractivity contribution in [3.8, 4) is 5.75 Å². The van der Waals surface area contributed by atoms with Gasteiger partial charge in [0.05, 0.1) is 12.5 Å². The zero-order valence-corrected chi connectivity index (χ0v) is 9.07. The van der Waals surface area contributed by atoms with Gasteiger partial charge in [-0.3, -0.25) is 4.79 Å². The fourth-order valence-electron chi connectivity index (χ4n) is 1.77. The van der Waals surface area contributed by atoms with Gasteiger partial charge in [-0.05, 0) is 24.6 Å². The predicted octanol–water partition coefficient (Wildman–Crippen LogP) is 1.86. The van der Waals surface area contributed by atoms with Crippen molar-refractivity contribution in [2.75, 3.05) is 7.11 Å². The Morgan fingerprint density at radius 1 is 1.27 bits per heavy atom. The molecule has 0 bridgehead atoms. The number of fused-ring (bicyclic) bond motifs is 1. The number of aryl methyl sites for hydroxylation is 2. The van der Waals surface area contributed by atoms with E-state index >= 15 is 0 Å². The van der Waals surface area contributed by atoms with E-state index in [1.165, 1.54) is 0 Å². The van der Waals surface area contributed by atoms with E-state index in [-0.39, 0.29) is 5.56 Å². The molecule has 0 aliphatic carbocycles. The largest absolute Gasteiger partial charge is 0.496 e. The van der Waals surface area contributed by atoms with Gasteiger partial charge in [-0.2, -0.15) is 0 Å². The van der Waals surface area contributed by atoms with Crippen LogP contribution in [-0.4, -0.2) is 11.7 Å². The van der Waals surface area contributed by atoms with Crippen LogP contribution in [0.2, 0.25) is 0 Å². The Labute approximate surface area is 87.9 Å². The number of nitrogens with zero attached hydrogens (tertiary/aromatic N) is 1. The third-order valence-corrected chi connectivity index (χ3v) is 2.63. The Morgan fingerprint density at radius 2 is 2.00 bits per heavy atom. The summed E-state index contributed by atoms with van der Waals surface area (Å²) in [5.74, 6) is 0.744. The van der Waals surface area contributed by atoms with Gasteiger partial charge in [0.2, 0.25) is 0 Å². The Bertz CT molecular complexity index is 570. The lowest BCUT2D eigenvalue weighted by Gasteiger charge is -2.08. The fourth-order valence-corrected chi connectivity index (χ4v) is 1.77. The number of benzene rings is 1. The number of hydrogen-bond acceptors (Lipinski definition) is 2. The summed E-state index contributed by atoms with van der Waals surface area (Å²) < 4.78 is 6.81. The first-order valence-electron chi connectivity index (χ1n) is 4.78. The van der Waals surface area contributed by atoms with E-state index < -0.39 is 0 Å². The predicted molar refractivity (Wildman–Crippen MR) is 60.5 cm³/mol. The molecule has 0 amide bonds. The molecule has 15 heavy (non-hydrogen) atoms. The van der Waals surface area contributed by atoms with Crippen LogP contribution < -0.4 is 10.3 Å². The van der Waals surface area contributed by atoms with Crippen molar-refractivity contribution in [2.45, 2.75) is 6.92 Å². The molecule has 0 spiro atoms. The van der Waals surface area contributed by atoms with Gasteiger partial charge in [-0.25, -0.2) is 0 Å². The molecule has 0 aliphatic rings. The number of aromatic nitrogens is 1. The number of methoxy groups -OCH3 is 1. The third kappa shape index (κ3) is 1.40. The van der Waals surface area contributed by atoms with Gasteiger partial charge >= 0.3 is 0 Å². The number of ether oxygens (including phenoxy) is 1. The number of pyridine rings is 1. The smallest absolute Gasteiger partial charge is 0.258 e. The molecule has 78 valence electrons. The summed E-state index contributed by atoms with van der Waals surface area (Å²) >= 11 is 0. The van der Waals surface area contributed by atoms with Gasteiger partial charge in [0, 0.05) is 18.6 Å². The summed E-state index contributed by atoms with van der Waals surface area (Å²) in [6.07, 6.45) is 1.76. The lowest BCUT2D eigenvalue weighted by Crippen LogP contribution is -2.16. The van der Waals surface area contributed by atoms with Gasteiger partial charge in [-0.15, -0.1) is 0 Å². The highest BCUT2D eigenvalue weighted by atomic mass is 16.5. The summed E-state index contributed by atoms with van der Waals surface area (Å²) in [7, 11) is 3.36. The molecule has 0 atom stereocenters. The highest BCUT2D eigenvalue weighted by molar-refractivity contribution is 5.90. The first-order chi connectivity index (χ1) is 7.15. The molecule has 1 aromatic heterocycles. The highest BCUT2D eigenvalue weighted by Crippen LogP contribution is 2.25. The van der Waals surface area contributed by atoms with E-state index in [0.29, 0.717) is 0 Å². The van der Waals surface area contributed by atoms with Gasteiger partial charge < -0.3 is 9.30 Å². The maximum absolute atomic E-state index is 11.9. The van der Waals surface area contributed by atoms with Gasteiger partial charge in [0.1, 0.15) is 5.75 Å². The fraction of sp³-hybridized carbons (Fsp3) is 0.250. The van der Waals surface area contributed by atoms with E-state index in [4.69, 9.17) is 4.74 Å². The molecular weight excluding hydrogens is 190 g/mol. The second kappa shape index (κ2) is 3.42. The summed E-state index contributed by atoms with van der Waals surface area (Å²) in [6, 6.07) is 5.70. The maximum atomic E-state index is 11.9. The van der Waals surface area contributed by atoms with E-state index in [9.17, 15) is 4.79 Å². The van der Waals surface area contributed by atoms with Crippen LogP contribution in [0.15, 0.2) is 29.2 Å². The van der Waals surface area contributed by atoms with E-state index in [0.717, 1.165) is 22.1 Å². The van der Waals surface area contributed by atoms with E-state index in [2.05, 4.69) is 0 Å². The van der Waals surface area contributed by atoms with Gasteiger partial charge in [-0.1, -0.05) is 6.07 Å². The maximum Gasteiger partial charge on any atom is 0.258 e. The summed E-state index contributed by atoms with van der Waals surface area (Å²) in [5.41, 5.74) is 0.996. The van der Waals surface area contributed by atoms with Crippen molar-refractivity contribution in [1.29, 1.82) is 0 Å². The molecular formula is C12H13NO2. The van der Waals surface area contributed by atoms with Crippen LogP contribution in [-0.2, 0) is 7.05 Å². The second-order valence-electron chi connectivity index (χ2n) is 3.61. The van der Waals surface area contributed by atoms with Crippen molar-refractivity contribution >= 4 is 10.8 Å². The molecule has 0 fully saturated rings. The summed E-state index contributed by atoms with van der Waals surface area (Å²) in [4.78, 5) is 11.9. The molecule has 3 nitrogen and oxygen atoms in total. The van der Waals surface area contributed by atoms with Crippen molar-refractivity contribution in [3.05, 3.63) is 40.3 Å². The molecule has 2 aromatic rings. The van der Waals surface area contributed by atoms with Crippen molar-refractivity contribution < 1.29 is 4.74 Å². The SMILES string of the molecule is COc1ccc(C)c2c(=O)n(C)ccc12. The van der Waals surface area contributed by atoms with Crippen LogP contribution in [0.3, 0.4) is 0 Å². The second-order valence-corrected chi connectivity index (χ2v) is 3.61. The zero-order valence-electron chi connectivity index (χ0n) is 9.07. The Hall–Kier alpha value is -1.77. The molecule has 0 N–H and O–H groups in total. The Morgan fingerprint density at radius 3 is 2.67 bits per heavy atom. The summed E-state index contributed by atoms with van der Waals surface area (Å²) in [6.45, 7) is 1.93. The van der Waals surface area contributed by atoms with Gasteiger partial charge in [0.25, 0.3) is 5.56 Å². The molecule has 0 saturated heterocycles. The first-order valence-corrected chi connectivity index (χ1v) is 4.78. The molecule has 0 radical (unpaired) electrons. The lowest BCUT2D eigenvalue weighted by molar-refractivity contribution is 0.419. The topological polar surface area (TPSA) is 31.2 Å². The molecule has 2 rings (SSSR count). The van der Waals surface area contributed by atoms with Crippen molar-refractivity contribution in [1.82, 2.24) is 4.57 Å². The monoisotopic (exact) mass is 203 g/mol. The third-order valence-electron chi connectivity index (χ3n) is 2.63. The van der Waals surface area contributed by atoms with E-state index in [1.807, 2.05) is 25.1 Å². The zero-order chi connectivity index (χ0) is 11.0. The van der Waals surface area contributed by atoms with Crippen molar-refractivity contribution in [3.63, 3.8) is 0 Å². The molecule has 1 aromatic carbocycles. The molecule has 0 saturated carbocycles. The standard InChI is InChI=1S/C12H13NO2/c1-8-4-5-10(15-3)9-6-7-13(2)12(14)11(8)9/h4-7H,1-3H3. The van der Waals surface area contributed by atoms with Crippen LogP contribution in [0.25, 0.3) is 10.8 Å². The Kier molecular flexibility index (Phi) is 2.23. The Balaban J connectivity index is 3.00. The van der Waals surface area contributed by atoms with Gasteiger partial charge in [0.15, 0.2) is 0 Å². The van der Waals surface area contributed by atoms with Crippen LogP contribution in [0.1, 0.15) is 5.56 Å². The number of rotatable bonds is 1. The van der Waals surface area contributed by atoms with E-state index in [1.54, 1.807) is 24.9 Å². The molecule has 0 unspecified atom stereocenters. The number of hydrogen-bond donors (Lipinski definition) is 0. The quantitative estimate of drug-likeness (QED) is 0.708. The molecule has 3 heteroatoms. The van der Waals surface area contributed by atoms with Crippen molar-refractivity contribution in [2.24, 2.45) is 7.05 Å². The summed E-state index contributed by atoms with van der Waals surface area (Å²) in [5, 5.41) is 1.61. The van der Waals surface area contributed by atoms with Crippen LogP contribution in [0.4, 0.5) is 0 Å². The minimum absolute atomic E-state index is 0.0175. The normalized spacial score (nSPS) is 10.6. The lowest BCUT2D eigenvalue weighted by atomic mass is 10.1. The van der Waals surface area contributed by atoms with Crippen LogP contribution in [0, 0.1) is 6.92 Å². The van der Waals surface area contributed by atoms with Crippen LogP contribution >= 0.6 is 0 Å². The molecule has 0 aliphatic heterocycles. The minimum atomic E-state index is 0.0175.